The number of benzene rings is 1. The van der Waals surface area contributed by atoms with Crippen LogP contribution in [-0.4, -0.2) is 20.2 Å². The standard InChI is InChI=1S/C10H11FINO2/c1-6-4-7(12)5-8(9(6)14-2)10(11)13-15-3/h4-5H,1-3H3/b13-10-. The van der Waals surface area contributed by atoms with Crippen molar-refractivity contribution < 1.29 is 14.0 Å². The van der Waals surface area contributed by atoms with Crippen molar-refractivity contribution in [2.75, 3.05) is 14.2 Å². The maximum Gasteiger partial charge on any atom is 0.260 e. The number of oxime groups is 1. The van der Waals surface area contributed by atoms with E-state index in [1.807, 2.05) is 13.0 Å². The van der Waals surface area contributed by atoms with Crippen molar-refractivity contribution in [3.8, 4) is 5.75 Å². The minimum absolute atomic E-state index is 0.309. The van der Waals surface area contributed by atoms with E-state index in [1.165, 1.54) is 14.2 Å². The Kier molecular flexibility index (Phi) is 4.31. The van der Waals surface area contributed by atoms with Gasteiger partial charge in [0.05, 0.1) is 12.7 Å². The van der Waals surface area contributed by atoms with Crippen LogP contribution in [0.5, 0.6) is 5.75 Å². The van der Waals surface area contributed by atoms with Crippen LogP contribution in [0.25, 0.3) is 0 Å². The van der Waals surface area contributed by atoms with Crippen molar-refractivity contribution in [2.45, 2.75) is 6.92 Å². The summed E-state index contributed by atoms with van der Waals surface area (Å²) in [5.41, 5.74) is 1.17. The Balaban J connectivity index is 3.32. The van der Waals surface area contributed by atoms with Crippen LogP contribution >= 0.6 is 22.6 Å². The molecule has 0 bridgehead atoms. The summed E-state index contributed by atoms with van der Waals surface area (Å²) in [5.74, 6) is -0.204. The quantitative estimate of drug-likeness (QED) is 0.486. The van der Waals surface area contributed by atoms with E-state index in [0.29, 0.717) is 11.3 Å². The summed E-state index contributed by atoms with van der Waals surface area (Å²) < 4.78 is 19.5. The van der Waals surface area contributed by atoms with Crippen LogP contribution in [-0.2, 0) is 4.84 Å². The molecule has 0 saturated heterocycles. The Morgan fingerprint density at radius 3 is 2.60 bits per heavy atom. The van der Waals surface area contributed by atoms with Crippen LogP contribution < -0.4 is 4.74 Å². The minimum Gasteiger partial charge on any atom is -0.496 e. The number of ether oxygens (including phenoxy) is 1. The van der Waals surface area contributed by atoms with E-state index in [0.717, 1.165) is 9.13 Å². The molecule has 0 atom stereocenters. The van der Waals surface area contributed by atoms with Crippen LogP contribution in [0.1, 0.15) is 11.1 Å². The van der Waals surface area contributed by atoms with Crippen molar-refractivity contribution in [1.82, 2.24) is 0 Å². The number of hydrogen-bond acceptors (Lipinski definition) is 3. The predicted octanol–water partition coefficient (Wildman–Crippen LogP) is 2.89. The zero-order chi connectivity index (χ0) is 11.4. The van der Waals surface area contributed by atoms with Gasteiger partial charge in [0, 0.05) is 3.57 Å². The van der Waals surface area contributed by atoms with Gasteiger partial charge in [-0.15, -0.1) is 0 Å². The molecule has 0 aliphatic rings. The van der Waals surface area contributed by atoms with Crippen LogP contribution in [0, 0.1) is 10.5 Å². The second-order valence-electron chi connectivity index (χ2n) is 2.87. The summed E-state index contributed by atoms with van der Waals surface area (Å²) in [6, 6.07) is 3.56. The van der Waals surface area contributed by atoms with E-state index >= 15 is 0 Å². The summed E-state index contributed by atoms with van der Waals surface area (Å²) in [4.78, 5) is 4.39. The van der Waals surface area contributed by atoms with Gasteiger partial charge in [0.25, 0.3) is 5.97 Å². The largest absolute Gasteiger partial charge is 0.496 e. The molecule has 0 saturated carbocycles. The third kappa shape index (κ3) is 2.80. The second-order valence-corrected chi connectivity index (χ2v) is 4.11. The zero-order valence-corrected chi connectivity index (χ0v) is 10.8. The van der Waals surface area contributed by atoms with Gasteiger partial charge in [-0.25, -0.2) is 0 Å². The summed E-state index contributed by atoms with van der Waals surface area (Å²) >= 11 is 2.11. The van der Waals surface area contributed by atoms with Gasteiger partial charge in [-0.05, 0) is 47.2 Å². The molecule has 3 nitrogen and oxygen atoms in total. The highest BCUT2D eigenvalue weighted by Crippen LogP contribution is 2.27. The number of methoxy groups -OCH3 is 1. The Morgan fingerprint density at radius 1 is 1.40 bits per heavy atom. The van der Waals surface area contributed by atoms with E-state index in [2.05, 4.69) is 32.6 Å². The number of rotatable bonds is 3. The fraction of sp³-hybridized carbons (Fsp3) is 0.300. The lowest BCUT2D eigenvalue weighted by atomic mass is 10.1. The molecule has 0 radical (unpaired) electrons. The van der Waals surface area contributed by atoms with Crippen molar-refractivity contribution in [2.24, 2.45) is 5.16 Å². The molecule has 0 N–H and O–H groups in total. The van der Waals surface area contributed by atoms with Crippen molar-refractivity contribution in [3.63, 3.8) is 0 Å². The van der Waals surface area contributed by atoms with Gasteiger partial charge in [0.2, 0.25) is 0 Å². The lowest BCUT2D eigenvalue weighted by Crippen LogP contribution is -2.01. The maximum atomic E-state index is 13.5. The SMILES string of the molecule is CO/N=C(\F)c1cc(I)cc(C)c1OC. The fourth-order valence-corrected chi connectivity index (χ4v) is 2.06. The molecule has 0 fully saturated rings. The molecule has 0 unspecified atom stereocenters. The molecule has 0 amide bonds. The predicted molar refractivity (Wildman–Crippen MR) is 65.1 cm³/mol. The van der Waals surface area contributed by atoms with Crippen LogP contribution in [0.4, 0.5) is 4.39 Å². The third-order valence-electron chi connectivity index (χ3n) is 1.84. The van der Waals surface area contributed by atoms with Gasteiger partial charge in [-0.3, -0.25) is 0 Å². The number of nitrogens with zero attached hydrogens (tertiary/aromatic N) is 1. The molecule has 82 valence electrons. The lowest BCUT2D eigenvalue weighted by molar-refractivity contribution is 0.209. The number of aryl methyl sites for hydroxylation is 1. The Morgan fingerprint density at radius 2 is 2.07 bits per heavy atom. The average molecular weight is 323 g/mol. The van der Waals surface area contributed by atoms with Gasteiger partial charge in [0.15, 0.2) is 0 Å². The Bertz CT molecular complexity index is 393. The highest BCUT2D eigenvalue weighted by Gasteiger charge is 2.14. The molecular formula is C10H11FINO2. The van der Waals surface area contributed by atoms with Crippen LogP contribution in [0.15, 0.2) is 17.3 Å². The molecular weight excluding hydrogens is 312 g/mol. The maximum absolute atomic E-state index is 13.5. The number of halogens is 2. The summed E-state index contributed by atoms with van der Waals surface area (Å²) in [6.07, 6.45) is 0. The first kappa shape index (κ1) is 12.2. The molecule has 0 aliphatic heterocycles. The number of hydrogen-bond donors (Lipinski definition) is 0. The first-order chi connectivity index (χ1) is 7.10. The lowest BCUT2D eigenvalue weighted by Gasteiger charge is -2.09. The Hall–Kier alpha value is -0.850. The Labute approximate surface area is 101 Å². The van der Waals surface area contributed by atoms with Gasteiger partial charge < -0.3 is 9.57 Å². The van der Waals surface area contributed by atoms with Crippen molar-refractivity contribution in [1.29, 1.82) is 0 Å². The highest BCUT2D eigenvalue weighted by molar-refractivity contribution is 14.1. The van der Waals surface area contributed by atoms with Gasteiger partial charge in [-0.1, -0.05) is 5.16 Å². The normalized spacial score (nSPS) is 11.4. The van der Waals surface area contributed by atoms with E-state index in [4.69, 9.17) is 4.74 Å². The van der Waals surface area contributed by atoms with E-state index in [9.17, 15) is 4.39 Å². The molecule has 0 aromatic heterocycles. The molecule has 0 spiro atoms. The summed E-state index contributed by atoms with van der Waals surface area (Å²) in [7, 11) is 2.80. The molecule has 5 heteroatoms. The molecule has 1 rings (SSSR count). The molecule has 1 aromatic carbocycles. The molecule has 15 heavy (non-hydrogen) atoms. The smallest absolute Gasteiger partial charge is 0.260 e. The van der Waals surface area contributed by atoms with Gasteiger partial charge in [-0.2, -0.15) is 4.39 Å². The van der Waals surface area contributed by atoms with Crippen molar-refractivity contribution in [3.05, 3.63) is 26.8 Å². The highest BCUT2D eigenvalue weighted by atomic mass is 127. The van der Waals surface area contributed by atoms with E-state index < -0.39 is 5.97 Å². The summed E-state index contributed by atoms with van der Waals surface area (Å²) in [6.45, 7) is 1.85. The van der Waals surface area contributed by atoms with E-state index in [-0.39, 0.29) is 0 Å². The topological polar surface area (TPSA) is 30.8 Å². The minimum atomic E-state index is -0.684. The zero-order valence-electron chi connectivity index (χ0n) is 8.67. The average Bonchev–Trinajstić information content (AvgIpc) is 2.17. The van der Waals surface area contributed by atoms with Crippen molar-refractivity contribution >= 4 is 28.6 Å². The first-order valence-corrected chi connectivity index (χ1v) is 5.29. The molecule has 0 heterocycles. The van der Waals surface area contributed by atoms with E-state index in [1.54, 1.807) is 6.07 Å². The molecule has 0 aliphatic carbocycles. The van der Waals surface area contributed by atoms with Crippen LogP contribution in [0.2, 0.25) is 0 Å². The monoisotopic (exact) mass is 323 g/mol. The second kappa shape index (κ2) is 5.29. The third-order valence-corrected chi connectivity index (χ3v) is 2.46. The van der Waals surface area contributed by atoms with Gasteiger partial charge >= 0.3 is 0 Å². The first-order valence-electron chi connectivity index (χ1n) is 4.21. The van der Waals surface area contributed by atoms with Crippen LogP contribution in [0.3, 0.4) is 0 Å². The fourth-order valence-electron chi connectivity index (χ4n) is 1.28. The summed E-state index contributed by atoms with van der Waals surface area (Å²) in [5, 5.41) is 3.25. The van der Waals surface area contributed by atoms with Gasteiger partial charge in [0.1, 0.15) is 12.9 Å². The molecule has 1 aromatic rings.